The van der Waals surface area contributed by atoms with Crippen molar-refractivity contribution in [3.05, 3.63) is 56.5 Å². The van der Waals surface area contributed by atoms with E-state index in [0.29, 0.717) is 21.5 Å². The first kappa shape index (κ1) is 21.8. The van der Waals surface area contributed by atoms with Crippen molar-refractivity contribution in [3.8, 4) is 11.5 Å². The standard InChI is InChI=1S/C16H17Cl4O5P/c17-11-1-3-15(13(19)9-11)24-5-7-26(21,22,23)8-6-25-16-4-2-12(18)10-14(16)20/h1-4,9-10,21-23H,5-8H2. The first-order chi connectivity index (χ1) is 12.0. The summed E-state index contributed by atoms with van der Waals surface area (Å²) in [5.74, 6) is 0.652. The van der Waals surface area contributed by atoms with Gasteiger partial charge < -0.3 is 0 Å². The average molecular weight is 462 g/mol. The number of benzene rings is 2. The Balaban J connectivity index is 1.86. The number of ether oxygens (including phenoxy) is 2. The van der Waals surface area contributed by atoms with Crippen molar-refractivity contribution in [3.63, 3.8) is 0 Å². The van der Waals surface area contributed by atoms with Crippen molar-refractivity contribution in [1.29, 1.82) is 0 Å². The molecule has 0 amide bonds. The van der Waals surface area contributed by atoms with Crippen LogP contribution in [0.1, 0.15) is 0 Å². The van der Waals surface area contributed by atoms with Gasteiger partial charge in [0.05, 0.1) is 0 Å². The van der Waals surface area contributed by atoms with E-state index in [0.717, 1.165) is 0 Å². The summed E-state index contributed by atoms with van der Waals surface area (Å²) in [5.41, 5.74) is 0. The molecule has 0 saturated carbocycles. The third-order valence-corrected chi connectivity index (χ3v) is 6.66. The van der Waals surface area contributed by atoms with E-state index >= 15 is 0 Å². The second kappa shape index (κ2) is 8.68. The minimum atomic E-state index is -4.93. The molecule has 5 nitrogen and oxygen atoms in total. The van der Waals surface area contributed by atoms with Gasteiger partial charge >= 0.3 is 171 Å². The first-order valence-corrected chi connectivity index (χ1v) is 11.4. The van der Waals surface area contributed by atoms with Gasteiger partial charge in [0.25, 0.3) is 0 Å². The Kier molecular flexibility index (Phi) is 7.28. The summed E-state index contributed by atoms with van der Waals surface area (Å²) in [6, 6.07) is 9.28. The molecule has 26 heavy (non-hydrogen) atoms. The summed E-state index contributed by atoms with van der Waals surface area (Å²) in [7, 11) is -4.93. The van der Waals surface area contributed by atoms with Gasteiger partial charge in [-0.15, -0.1) is 0 Å². The van der Waals surface area contributed by atoms with Gasteiger partial charge in [0.2, 0.25) is 0 Å². The zero-order valence-corrected chi connectivity index (χ0v) is 17.3. The van der Waals surface area contributed by atoms with E-state index in [9.17, 15) is 14.7 Å². The van der Waals surface area contributed by atoms with Gasteiger partial charge in [-0.2, -0.15) is 0 Å². The van der Waals surface area contributed by atoms with Crippen LogP contribution in [0.5, 0.6) is 11.5 Å². The van der Waals surface area contributed by atoms with Crippen molar-refractivity contribution in [2.24, 2.45) is 0 Å². The molecule has 0 aromatic heterocycles. The fourth-order valence-electron chi connectivity index (χ4n) is 1.98. The van der Waals surface area contributed by atoms with E-state index in [1.165, 1.54) is 12.1 Å². The number of hydrogen-bond donors (Lipinski definition) is 3. The van der Waals surface area contributed by atoms with E-state index in [1.807, 2.05) is 0 Å². The van der Waals surface area contributed by atoms with Crippen molar-refractivity contribution < 1.29 is 24.2 Å². The van der Waals surface area contributed by atoms with E-state index in [2.05, 4.69) is 0 Å². The molecule has 144 valence electrons. The Bertz CT molecular complexity index is 717. The van der Waals surface area contributed by atoms with Crippen LogP contribution in [0.2, 0.25) is 20.1 Å². The molecule has 2 aromatic rings. The number of halogens is 4. The maximum absolute atomic E-state index is 10.1. The predicted octanol–water partition coefficient (Wildman–Crippen LogP) is 5.03. The second-order valence-corrected chi connectivity index (χ2v) is 10.9. The van der Waals surface area contributed by atoms with Gasteiger partial charge in [0.1, 0.15) is 0 Å². The van der Waals surface area contributed by atoms with Crippen LogP contribution < -0.4 is 9.47 Å². The summed E-state index contributed by atoms with van der Waals surface area (Å²) in [5, 5.41) is 1.47. The van der Waals surface area contributed by atoms with E-state index in [1.54, 1.807) is 24.3 Å². The maximum atomic E-state index is 10.1. The Morgan fingerprint density at radius 1 is 0.692 bits per heavy atom. The molecule has 2 rings (SSSR count). The van der Waals surface area contributed by atoms with E-state index < -0.39 is 7.28 Å². The molecule has 0 spiro atoms. The molecular weight excluding hydrogens is 445 g/mol. The van der Waals surface area contributed by atoms with Crippen molar-refractivity contribution in [2.45, 2.75) is 0 Å². The van der Waals surface area contributed by atoms with Crippen molar-refractivity contribution >= 4 is 53.7 Å². The molecule has 0 fully saturated rings. The Morgan fingerprint density at radius 3 is 1.42 bits per heavy atom. The molecular formula is C16H17Cl4O5P. The van der Waals surface area contributed by atoms with Crippen LogP contribution >= 0.6 is 53.7 Å². The van der Waals surface area contributed by atoms with Crippen LogP contribution in [0.25, 0.3) is 0 Å². The number of hydrogen-bond acceptors (Lipinski definition) is 5. The molecule has 2 aromatic carbocycles. The summed E-state index contributed by atoms with van der Waals surface area (Å²) in [6.45, 7) is -0.297. The van der Waals surface area contributed by atoms with Gasteiger partial charge in [0, 0.05) is 0 Å². The molecule has 0 bridgehead atoms. The van der Waals surface area contributed by atoms with Crippen LogP contribution in [-0.4, -0.2) is 40.2 Å². The van der Waals surface area contributed by atoms with Crippen molar-refractivity contribution in [1.82, 2.24) is 0 Å². The normalized spacial score (nSPS) is 13.1. The molecule has 0 aliphatic rings. The monoisotopic (exact) mass is 460 g/mol. The summed E-state index contributed by atoms with van der Waals surface area (Å²) < 4.78 is 10.8. The molecule has 0 atom stereocenters. The van der Waals surface area contributed by atoms with Gasteiger partial charge in [-0.3, -0.25) is 0 Å². The topological polar surface area (TPSA) is 79.2 Å². The van der Waals surface area contributed by atoms with Gasteiger partial charge in [0.15, 0.2) is 0 Å². The molecule has 0 aliphatic carbocycles. The molecule has 0 unspecified atom stereocenters. The fraction of sp³-hybridized carbons (Fsp3) is 0.250. The van der Waals surface area contributed by atoms with Crippen molar-refractivity contribution in [2.75, 3.05) is 25.5 Å². The summed E-state index contributed by atoms with van der Waals surface area (Å²) >= 11 is 23.5. The van der Waals surface area contributed by atoms with Gasteiger partial charge in [-0.1, -0.05) is 0 Å². The van der Waals surface area contributed by atoms with Gasteiger partial charge in [-0.25, -0.2) is 0 Å². The van der Waals surface area contributed by atoms with Crippen LogP contribution in [0.4, 0.5) is 0 Å². The third kappa shape index (κ3) is 6.91. The zero-order chi connectivity index (χ0) is 19.4. The van der Waals surface area contributed by atoms with Gasteiger partial charge in [-0.05, 0) is 0 Å². The molecule has 10 heteroatoms. The van der Waals surface area contributed by atoms with Crippen LogP contribution in [0.15, 0.2) is 36.4 Å². The summed E-state index contributed by atoms with van der Waals surface area (Å²) in [4.78, 5) is 30.4. The van der Waals surface area contributed by atoms with E-state index in [-0.39, 0.29) is 35.6 Å². The Hall–Kier alpha value is -0.490. The molecule has 0 saturated heterocycles. The first-order valence-electron chi connectivity index (χ1n) is 7.45. The predicted molar refractivity (Wildman–Crippen MR) is 107 cm³/mol. The second-order valence-electron chi connectivity index (χ2n) is 5.63. The van der Waals surface area contributed by atoms with Crippen LogP contribution in [0, 0.1) is 0 Å². The fourth-order valence-corrected chi connectivity index (χ4v) is 4.06. The molecule has 0 heterocycles. The third-order valence-electron chi connectivity index (χ3n) is 3.40. The Morgan fingerprint density at radius 2 is 1.08 bits per heavy atom. The molecule has 3 N–H and O–H groups in total. The van der Waals surface area contributed by atoms with Crippen LogP contribution in [-0.2, 0) is 0 Å². The zero-order valence-electron chi connectivity index (χ0n) is 13.4. The molecule has 0 aliphatic heterocycles. The SMILES string of the molecule is OP(O)(O)(CCOc1ccc(Cl)cc1Cl)CCOc1ccc(Cl)cc1Cl. The number of rotatable bonds is 8. The molecule has 0 radical (unpaired) electrons. The quantitative estimate of drug-likeness (QED) is 0.480. The Labute approximate surface area is 171 Å². The minimum absolute atomic E-state index is 0.148. The summed E-state index contributed by atoms with van der Waals surface area (Å²) in [6.07, 6.45) is -0.746. The van der Waals surface area contributed by atoms with E-state index in [4.69, 9.17) is 55.9 Å². The average Bonchev–Trinajstić information content (AvgIpc) is 2.51. The van der Waals surface area contributed by atoms with Crippen LogP contribution in [0.3, 0.4) is 0 Å².